The molecule has 0 saturated heterocycles. The molecule has 0 spiro atoms. The molecule has 3 aromatic rings. The van der Waals surface area contributed by atoms with E-state index in [1.54, 1.807) is 18.2 Å². The quantitative estimate of drug-likeness (QED) is 0.583. The largest absolute Gasteiger partial charge is 0.489 e. The van der Waals surface area contributed by atoms with E-state index in [0.717, 1.165) is 21.7 Å². The number of carbonyl (C=O) groups excluding carboxylic acids is 1. The van der Waals surface area contributed by atoms with Gasteiger partial charge in [0.2, 0.25) is 0 Å². The number of thioether (sulfide) groups is 1. The SMILES string of the molecule is O=C1Nc2ccccc2S/C1=C\c1ccc(OCc2cccc(C(=O)O)c2)cc1. The predicted octanol–water partition coefficient (Wildman–Crippen LogP) is 5.05. The zero-order valence-electron chi connectivity index (χ0n) is 15.3. The molecule has 0 bridgehead atoms. The third-order valence-electron chi connectivity index (χ3n) is 4.34. The second kappa shape index (κ2) is 8.24. The van der Waals surface area contributed by atoms with E-state index in [-0.39, 0.29) is 18.1 Å². The number of rotatable bonds is 5. The molecular formula is C23H17NO4S. The molecule has 29 heavy (non-hydrogen) atoms. The fraction of sp³-hybridized carbons (Fsp3) is 0.0435. The average Bonchev–Trinajstić information content (AvgIpc) is 2.74. The predicted molar refractivity (Wildman–Crippen MR) is 113 cm³/mol. The van der Waals surface area contributed by atoms with Crippen molar-refractivity contribution in [3.8, 4) is 5.75 Å². The van der Waals surface area contributed by atoms with Gasteiger partial charge in [-0.3, -0.25) is 4.79 Å². The smallest absolute Gasteiger partial charge is 0.335 e. The molecule has 5 nitrogen and oxygen atoms in total. The molecule has 1 heterocycles. The van der Waals surface area contributed by atoms with Gasteiger partial charge in [0.05, 0.1) is 16.2 Å². The molecule has 0 saturated carbocycles. The van der Waals surface area contributed by atoms with Crippen molar-refractivity contribution in [2.45, 2.75) is 11.5 Å². The minimum Gasteiger partial charge on any atom is -0.489 e. The van der Waals surface area contributed by atoms with E-state index in [9.17, 15) is 9.59 Å². The van der Waals surface area contributed by atoms with Crippen molar-refractivity contribution < 1.29 is 19.4 Å². The third kappa shape index (κ3) is 4.50. The van der Waals surface area contributed by atoms with E-state index in [2.05, 4.69) is 5.32 Å². The molecule has 0 unspecified atom stereocenters. The number of carboxylic acids is 1. The van der Waals surface area contributed by atoms with Gasteiger partial charge in [0.25, 0.3) is 5.91 Å². The number of para-hydroxylation sites is 1. The van der Waals surface area contributed by atoms with Crippen molar-refractivity contribution in [3.05, 3.63) is 94.4 Å². The lowest BCUT2D eigenvalue weighted by Gasteiger charge is -2.18. The summed E-state index contributed by atoms with van der Waals surface area (Å²) in [7, 11) is 0. The maximum absolute atomic E-state index is 12.3. The fourth-order valence-electron chi connectivity index (χ4n) is 2.88. The molecular weight excluding hydrogens is 386 g/mol. The van der Waals surface area contributed by atoms with E-state index in [1.165, 1.54) is 11.8 Å². The first-order chi connectivity index (χ1) is 14.1. The highest BCUT2D eigenvalue weighted by molar-refractivity contribution is 8.04. The van der Waals surface area contributed by atoms with Crippen LogP contribution in [0.25, 0.3) is 6.08 Å². The molecule has 0 aliphatic carbocycles. The van der Waals surface area contributed by atoms with E-state index in [0.29, 0.717) is 10.7 Å². The summed E-state index contributed by atoms with van der Waals surface area (Å²) in [6, 6.07) is 21.8. The van der Waals surface area contributed by atoms with Crippen LogP contribution in [-0.4, -0.2) is 17.0 Å². The van der Waals surface area contributed by atoms with E-state index < -0.39 is 5.97 Å². The van der Waals surface area contributed by atoms with E-state index in [1.807, 2.05) is 60.7 Å². The molecule has 6 heteroatoms. The molecule has 2 N–H and O–H groups in total. The molecule has 0 atom stereocenters. The van der Waals surface area contributed by atoms with Crippen LogP contribution in [-0.2, 0) is 11.4 Å². The number of ether oxygens (including phenoxy) is 1. The summed E-state index contributed by atoms with van der Waals surface area (Å²) in [4.78, 5) is 25.0. The molecule has 0 aromatic heterocycles. The molecule has 0 fully saturated rings. The van der Waals surface area contributed by atoms with Crippen LogP contribution >= 0.6 is 11.8 Å². The first-order valence-corrected chi connectivity index (χ1v) is 9.75. The van der Waals surface area contributed by atoms with Crippen LogP contribution in [0.15, 0.2) is 82.6 Å². The van der Waals surface area contributed by atoms with Gasteiger partial charge in [-0.15, -0.1) is 0 Å². The number of hydrogen-bond donors (Lipinski definition) is 2. The van der Waals surface area contributed by atoms with Crippen LogP contribution in [0.4, 0.5) is 5.69 Å². The van der Waals surface area contributed by atoms with Crippen LogP contribution in [0.3, 0.4) is 0 Å². The number of amides is 1. The zero-order valence-corrected chi connectivity index (χ0v) is 16.1. The Morgan fingerprint density at radius 3 is 2.62 bits per heavy atom. The zero-order chi connectivity index (χ0) is 20.2. The number of benzene rings is 3. The highest BCUT2D eigenvalue weighted by Gasteiger charge is 2.20. The normalized spacial score (nSPS) is 14.2. The third-order valence-corrected chi connectivity index (χ3v) is 5.44. The van der Waals surface area contributed by atoms with Crippen molar-refractivity contribution in [3.63, 3.8) is 0 Å². The van der Waals surface area contributed by atoms with Crippen LogP contribution < -0.4 is 10.1 Å². The molecule has 144 valence electrons. The second-order valence-electron chi connectivity index (χ2n) is 6.42. The van der Waals surface area contributed by atoms with Gasteiger partial charge < -0.3 is 15.2 Å². The van der Waals surface area contributed by atoms with Crippen molar-refractivity contribution in [1.29, 1.82) is 0 Å². The Morgan fingerprint density at radius 2 is 1.83 bits per heavy atom. The Bertz CT molecular complexity index is 1110. The molecule has 4 rings (SSSR count). The number of nitrogens with one attached hydrogen (secondary N) is 1. The Labute approximate surface area is 172 Å². The number of hydrogen-bond acceptors (Lipinski definition) is 4. The summed E-state index contributed by atoms with van der Waals surface area (Å²) in [6.07, 6.45) is 1.84. The highest BCUT2D eigenvalue weighted by Crippen LogP contribution is 2.38. The summed E-state index contributed by atoms with van der Waals surface area (Å²) < 4.78 is 5.74. The standard InChI is InChI=1S/C23H17NO4S/c25-22-21(29-20-7-2-1-6-19(20)24-22)13-15-8-10-18(11-9-15)28-14-16-4-3-5-17(12-16)23(26)27/h1-13H,14H2,(H,24,25)(H,26,27)/b21-13-. The maximum atomic E-state index is 12.3. The number of carbonyl (C=O) groups is 2. The Morgan fingerprint density at radius 1 is 1.03 bits per heavy atom. The summed E-state index contributed by atoms with van der Waals surface area (Å²) in [5.74, 6) is -0.414. The lowest BCUT2D eigenvalue weighted by atomic mass is 10.1. The van der Waals surface area contributed by atoms with E-state index >= 15 is 0 Å². The van der Waals surface area contributed by atoms with Gasteiger partial charge in [0, 0.05) is 4.90 Å². The first-order valence-electron chi connectivity index (χ1n) is 8.93. The van der Waals surface area contributed by atoms with E-state index in [4.69, 9.17) is 9.84 Å². The van der Waals surface area contributed by atoms with Gasteiger partial charge in [0.1, 0.15) is 12.4 Å². The molecule has 0 radical (unpaired) electrons. The summed E-state index contributed by atoms with van der Waals surface area (Å²) in [5, 5.41) is 12.0. The maximum Gasteiger partial charge on any atom is 0.335 e. The topological polar surface area (TPSA) is 75.6 Å². The Hall–Kier alpha value is -3.51. The number of fused-ring (bicyclic) bond motifs is 1. The summed E-state index contributed by atoms with van der Waals surface area (Å²) in [6.45, 7) is 0.274. The first kappa shape index (κ1) is 18.8. The lowest BCUT2D eigenvalue weighted by Crippen LogP contribution is -2.17. The van der Waals surface area contributed by atoms with Crippen LogP contribution in [0, 0.1) is 0 Å². The average molecular weight is 403 g/mol. The van der Waals surface area contributed by atoms with Crippen molar-refractivity contribution in [2.75, 3.05) is 5.32 Å². The lowest BCUT2D eigenvalue weighted by molar-refractivity contribution is -0.112. The molecule has 1 aliphatic heterocycles. The van der Waals surface area contributed by atoms with Gasteiger partial charge in [0.15, 0.2) is 0 Å². The van der Waals surface area contributed by atoms with Crippen molar-refractivity contribution >= 4 is 35.4 Å². The van der Waals surface area contributed by atoms with Crippen molar-refractivity contribution in [2.24, 2.45) is 0 Å². The second-order valence-corrected chi connectivity index (χ2v) is 7.51. The van der Waals surface area contributed by atoms with Crippen LogP contribution in [0.2, 0.25) is 0 Å². The number of anilines is 1. The van der Waals surface area contributed by atoms with Gasteiger partial charge in [-0.25, -0.2) is 4.79 Å². The van der Waals surface area contributed by atoms with Gasteiger partial charge >= 0.3 is 5.97 Å². The van der Waals surface area contributed by atoms with Crippen molar-refractivity contribution in [1.82, 2.24) is 0 Å². The fourth-order valence-corrected chi connectivity index (χ4v) is 3.83. The van der Waals surface area contributed by atoms with Gasteiger partial charge in [-0.1, -0.05) is 48.2 Å². The highest BCUT2D eigenvalue weighted by atomic mass is 32.2. The minimum absolute atomic E-state index is 0.118. The van der Waals surface area contributed by atoms with Gasteiger partial charge in [-0.05, 0) is 53.6 Å². The monoisotopic (exact) mass is 403 g/mol. The number of carboxylic acid groups (broad SMARTS) is 1. The van der Waals surface area contributed by atoms with Crippen LogP contribution in [0.1, 0.15) is 21.5 Å². The number of aromatic carboxylic acids is 1. The molecule has 3 aromatic carbocycles. The molecule has 1 amide bonds. The summed E-state index contributed by atoms with van der Waals surface area (Å²) >= 11 is 1.45. The summed E-state index contributed by atoms with van der Waals surface area (Å²) in [5.41, 5.74) is 2.74. The Kier molecular flexibility index (Phi) is 5.35. The van der Waals surface area contributed by atoms with Crippen LogP contribution in [0.5, 0.6) is 5.75 Å². The minimum atomic E-state index is -0.962. The Balaban J connectivity index is 1.43. The van der Waals surface area contributed by atoms with Gasteiger partial charge in [-0.2, -0.15) is 0 Å². The molecule has 1 aliphatic rings.